The van der Waals surface area contributed by atoms with Gasteiger partial charge >= 0.3 is 0 Å². The minimum absolute atomic E-state index is 0.744. The lowest BCUT2D eigenvalue weighted by atomic mass is 10.2. The highest BCUT2D eigenvalue weighted by Crippen LogP contribution is 2.20. The Kier molecular flexibility index (Phi) is 2.77. The van der Waals surface area contributed by atoms with Gasteiger partial charge in [-0.05, 0) is 42.9 Å². The maximum absolute atomic E-state index is 5.79. The summed E-state index contributed by atoms with van der Waals surface area (Å²) in [6.45, 7) is 1.92. The van der Waals surface area contributed by atoms with Crippen molar-refractivity contribution in [3.63, 3.8) is 0 Å². The largest absolute Gasteiger partial charge is 0.195 e. The molecule has 0 aromatic heterocycles. The predicted octanol–water partition coefficient (Wildman–Crippen LogP) is 3.38. The molecule has 1 aromatic carbocycles. The van der Waals surface area contributed by atoms with E-state index in [1.165, 1.54) is 0 Å². The van der Waals surface area contributed by atoms with Gasteiger partial charge in [0.15, 0.2) is 0 Å². The number of hydrogen-bond acceptors (Lipinski definition) is 2. The summed E-state index contributed by atoms with van der Waals surface area (Å²) in [6, 6.07) is 5.46. The molecule has 0 aliphatic rings. The van der Waals surface area contributed by atoms with Crippen LogP contribution in [0.3, 0.4) is 0 Å². The summed E-state index contributed by atoms with van der Waals surface area (Å²) in [7, 11) is 0. The Balaban J connectivity index is 3.14. The molecule has 0 saturated carbocycles. The molecule has 0 radical (unpaired) electrons. The number of isothiocyanates is 1. The fourth-order valence-corrected chi connectivity index (χ4v) is 0.974. The van der Waals surface area contributed by atoms with Crippen molar-refractivity contribution in [3.8, 4) is 0 Å². The third-order valence-electron chi connectivity index (χ3n) is 1.32. The van der Waals surface area contributed by atoms with Gasteiger partial charge in [0.05, 0.1) is 10.8 Å². The minimum atomic E-state index is 0.744. The Bertz CT molecular complexity index is 316. The highest BCUT2D eigenvalue weighted by atomic mass is 35.5. The van der Waals surface area contributed by atoms with Crippen molar-refractivity contribution in [3.05, 3.63) is 28.8 Å². The molecule has 3 heteroatoms. The maximum Gasteiger partial charge on any atom is 0.0743 e. The van der Waals surface area contributed by atoms with Crippen molar-refractivity contribution in [2.75, 3.05) is 0 Å². The van der Waals surface area contributed by atoms with E-state index in [0.29, 0.717) is 0 Å². The van der Waals surface area contributed by atoms with Crippen molar-refractivity contribution >= 4 is 34.7 Å². The Hall–Kier alpha value is -0.690. The Labute approximate surface area is 75.7 Å². The average Bonchev–Trinajstić information content (AvgIpc) is 1.98. The van der Waals surface area contributed by atoms with E-state index < -0.39 is 0 Å². The van der Waals surface area contributed by atoms with Gasteiger partial charge in [0, 0.05) is 5.02 Å². The molecular weight excluding hydrogens is 178 g/mol. The van der Waals surface area contributed by atoms with Gasteiger partial charge in [-0.1, -0.05) is 11.6 Å². The van der Waals surface area contributed by atoms with Crippen molar-refractivity contribution in [2.24, 2.45) is 4.99 Å². The molecule has 0 aliphatic carbocycles. The number of thiocarbonyl (C=S) groups is 1. The van der Waals surface area contributed by atoms with Gasteiger partial charge in [0.1, 0.15) is 0 Å². The number of aryl methyl sites for hydroxylation is 1. The monoisotopic (exact) mass is 183 g/mol. The fourth-order valence-electron chi connectivity index (χ4n) is 0.751. The van der Waals surface area contributed by atoms with Crippen LogP contribution >= 0.6 is 23.8 Å². The molecule has 11 heavy (non-hydrogen) atoms. The zero-order valence-electron chi connectivity index (χ0n) is 5.97. The SMILES string of the molecule is Cc1cc(N=C=S)ccc1Cl. The molecule has 0 saturated heterocycles. The number of nitrogens with zero attached hydrogens (tertiary/aromatic N) is 1. The Morgan fingerprint density at radius 1 is 1.55 bits per heavy atom. The van der Waals surface area contributed by atoms with Crippen LogP contribution in [0.4, 0.5) is 5.69 Å². The quantitative estimate of drug-likeness (QED) is 0.480. The molecule has 0 heterocycles. The fraction of sp³-hybridized carbons (Fsp3) is 0.125. The number of hydrogen-bond donors (Lipinski definition) is 0. The lowest BCUT2D eigenvalue weighted by Gasteiger charge is -1.96. The van der Waals surface area contributed by atoms with Crippen molar-refractivity contribution < 1.29 is 0 Å². The predicted molar refractivity (Wildman–Crippen MR) is 50.9 cm³/mol. The second-order valence-electron chi connectivity index (χ2n) is 2.14. The van der Waals surface area contributed by atoms with Crippen LogP contribution in [0.2, 0.25) is 5.02 Å². The molecule has 0 fully saturated rings. The van der Waals surface area contributed by atoms with Crippen LogP contribution in [0.1, 0.15) is 5.56 Å². The number of aliphatic imine (C=N–C) groups is 1. The first-order valence-electron chi connectivity index (χ1n) is 3.08. The molecule has 56 valence electrons. The van der Waals surface area contributed by atoms with Crippen molar-refractivity contribution in [2.45, 2.75) is 6.92 Å². The van der Waals surface area contributed by atoms with Gasteiger partial charge in [0.2, 0.25) is 0 Å². The lowest BCUT2D eigenvalue weighted by Crippen LogP contribution is -1.72. The van der Waals surface area contributed by atoms with E-state index in [1.807, 2.05) is 13.0 Å². The second kappa shape index (κ2) is 3.63. The summed E-state index contributed by atoms with van der Waals surface area (Å²) in [5, 5.41) is 3.04. The first-order chi connectivity index (χ1) is 5.24. The smallest absolute Gasteiger partial charge is 0.0743 e. The third kappa shape index (κ3) is 2.12. The van der Waals surface area contributed by atoms with Gasteiger partial charge in [-0.2, -0.15) is 4.99 Å². The van der Waals surface area contributed by atoms with E-state index in [4.69, 9.17) is 11.6 Å². The minimum Gasteiger partial charge on any atom is -0.195 e. The van der Waals surface area contributed by atoms with Crippen LogP contribution in [0.15, 0.2) is 23.2 Å². The molecule has 0 unspecified atom stereocenters. The topological polar surface area (TPSA) is 12.4 Å². The summed E-state index contributed by atoms with van der Waals surface area (Å²) in [5.74, 6) is 0. The lowest BCUT2D eigenvalue weighted by molar-refractivity contribution is 1.44. The highest BCUT2D eigenvalue weighted by Gasteiger charge is 1.94. The molecule has 0 bridgehead atoms. The number of rotatable bonds is 1. The number of halogens is 1. The first-order valence-corrected chi connectivity index (χ1v) is 3.86. The number of benzene rings is 1. The summed E-state index contributed by atoms with van der Waals surface area (Å²) in [6.07, 6.45) is 0. The Morgan fingerprint density at radius 3 is 2.82 bits per heavy atom. The normalized spacial score (nSPS) is 8.91. The second-order valence-corrected chi connectivity index (χ2v) is 2.73. The molecule has 0 spiro atoms. The molecule has 0 atom stereocenters. The maximum atomic E-state index is 5.79. The van der Waals surface area contributed by atoms with E-state index in [2.05, 4.69) is 22.4 Å². The third-order valence-corrected chi connectivity index (χ3v) is 1.83. The highest BCUT2D eigenvalue weighted by molar-refractivity contribution is 7.78. The van der Waals surface area contributed by atoms with Crippen LogP contribution in [-0.4, -0.2) is 5.16 Å². The summed E-state index contributed by atoms with van der Waals surface area (Å²) in [5.41, 5.74) is 1.79. The molecule has 1 nitrogen and oxygen atoms in total. The van der Waals surface area contributed by atoms with Crippen molar-refractivity contribution in [1.29, 1.82) is 0 Å². The summed E-state index contributed by atoms with van der Waals surface area (Å²) < 4.78 is 0. The standard InChI is InChI=1S/C8H6ClNS/c1-6-4-7(10-5-11)2-3-8(6)9/h2-4H,1H3. The van der Waals surface area contributed by atoms with Crippen LogP contribution < -0.4 is 0 Å². The molecule has 1 aromatic rings. The zero-order valence-corrected chi connectivity index (χ0v) is 7.54. The van der Waals surface area contributed by atoms with Crippen LogP contribution in [-0.2, 0) is 0 Å². The van der Waals surface area contributed by atoms with Crippen LogP contribution in [0.25, 0.3) is 0 Å². The van der Waals surface area contributed by atoms with E-state index >= 15 is 0 Å². The summed E-state index contributed by atoms with van der Waals surface area (Å²) >= 11 is 10.3. The Morgan fingerprint density at radius 2 is 2.27 bits per heavy atom. The molecule has 0 N–H and O–H groups in total. The van der Waals surface area contributed by atoms with Gasteiger partial charge in [-0.25, -0.2) is 0 Å². The van der Waals surface area contributed by atoms with E-state index in [0.717, 1.165) is 16.3 Å². The van der Waals surface area contributed by atoms with E-state index in [9.17, 15) is 0 Å². The van der Waals surface area contributed by atoms with Gasteiger partial charge in [-0.3, -0.25) is 0 Å². The van der Waals surface area contributed by atoms with E-state index in [-0.39, 0.29) is 0 Å². The van der Waals surface area contributed by atoms with Crippen molar-refractivity contribution in [1.82, 2.24) is 0 Å². The molecule has 0 amide bonds. The van der Waals surface area contributed by atoms with Crippen LogP contribution in [0.5, 0.6) is 0 Å². The summed E-state index contributed by atoms with van der Waals surface area (Å²) in [4.78, 5) is 3.81. The van der Waals surface area contributed by atoms with Gasteiger partial charge < -0.3 is 0 Å². The zero-order chi connectivity index (χ0) is 8.27. The van der Waals surface area contributed by atoms with Gasteiger partial charge in [-0.15, -0.1) is 0 Å². The van der Waals surface area contributed by atoms with Gasteiger partial charge in [0.25, 0.3) is 0 Å². The van der Waals surface area contributed by atoms with Crippen LogP contribution in [0, 0.1) is 6.92 Å². The molecule has 1 rings (SSSR count). The molecular formula is C8H6ClNS. The van der Waals surface area contributed by atoms with E-state index in [1.54, 1.807) is 12.1 Å². The molecule has 0 aliphatic heterocycles. The average molecular weight is 184 g/mol. The first kappa shape index (κ1) is 8.41.